The minimum Gasteiger partial charge on any atom is -0.488 e. The van der Waals surface area contributed by atoms with Crippen LogP contribution in [0.3, 0.4) is 0 Å². The molecule has 0 amide bonds. The molecule has 0 saturated heterocycles. The molecule has 0 atom stereocenters. The van der Waals surface area contributed by atoms with Crippen molar-refractivity contribution in [3.05, 3.63) is 70.2 Å². The van der Waals surface area contributed by atoms with Gasteiger partial charge in [-0.2, -0.15) is 0 Å². The first-order valence-corrected chi connectivity index (χ1v) is 8.07. The lowest BCUT2D eigenvalue weighted by Gasteiger charge is -2.15. The van der Waals surface area contributed by atoms with Gasteiger partial charge in [-0.05, 0) is 54.1 Å². The van der Waals surface area contributed by atoms with Gasteiger partial charge in [0.15, 0.2) is 0 Å². The third-order valence-electron chi connectivity index (χ3n) is 4.08. The molecule has 0 heterocycles. The van der Waals surface area contributed by atoms with Crippen LogP contribution >= 0.6 is 11.6 Å². The number of hydrogen-bond donors (Lipinski definition) is 2. The summed E-state index contributed by atoms with van der Waals surface area (Å²) in [6.07, 6.45) is 2.40. The first-order chi connectivity index (χ1) is 11.1. The van der Waals surface area contributed by atoms with Crippen LogP contribution in [0.4, 0.5) is 0 Å². The summed E-state index contributed by atoms with van der Waals surface area (Å²) in [6.45, 7) is 0.458. The Morgan fingerprint density at radius 3 is 2.57 bits per heavy atom. The van der Waals surface area contributed by atoms with Crippen LogP contribution < -0.4 is 4.74 Å². The molecule has 5 heteroatoms. The van der Waals surface area contributed by atoms with Crippen LogP contribution in [0.25, 0.3) is 5.57 Å². The molecule has 2 aromatic rings. The van der Waals surface area contributed by atoms with Crippen molar-refractivity contribution in [2.24, 2.45) is 0 Å². The van der Waals surface area contributed by atoms with Crippen LogP contribution in [0.5, 0.6) is 5.75 Å². The van der Waals surface area contributed by atoms with E-state index in [1.807, 2.05) is 42.5 Å². The Bertz CT molecular complexity index is 713. The molecule has 0 aromatic heterocycles. The van der Waals surface area contributed by atoms with Gasteiger partial charge in [-0.3, -0.25) is 0 Å². The Morgan fingerprint density at radius 2 is 1.83 bits per heavy atom. The molecule has 2 N–H and O–H groups in total. The molecule has 2 aromatic carbocycles. The van der Waals surface area contributed by atoms with Crippen molar-refractivity contribution in [2.75, 3.05) is 0 Å². The van der Waals surface area contributed by atoms with Crippen molar-refractivity contribution in [1.82, 2.24) is 0 Å². The maximum atomic E-state index is 9.58. The number of allylic oxidation sites excluding steroid dienone is 2. The monoisotopic (exact) mass is 328 g/mol. The number of rotatable bonds is 5. The first kappa shape index (κ1) is 16.1. The highest BCUT2D eigenvalue weighted by molar-refractivity contribution is 6.52. The molecule has 0 aliphatic heterocycles. The highest BCUT2D eigenvalue weighted by atomic mass is 35.5. The zero-order valence-electron chi connectivity index (χ0n) is 12.7. The lowest BCUT2D eigenvalue weighted by atomic mass is 9.75. The Labute approximate surface area is 141 Å². The van der Waals surface area contributed by atoms with E-state index in [9.17, 15) is 10.0 Å². The fourth-order valence-corrected chi connectivity index (χ4v) is 3.13. The standard InChI is InChI=1S/C18H18BClO3/c20-14-9-10-18(23-12-13-5-2-1-3-6-13)16(11-14)15-7-4-8-17(15)19(21)22/h1-3,5-6,9-11,21-22H,4,7-8,12H2. The molecule has 3 rings (SSSR count). The number of benzene rings is 2. The number of hydrogen-bond acceptors (Lipinski definition) is 3. The Balaban J connectivity index is 1.91. The summed E-state index contributed by atoms with van der Waals surface area (Å²) >= 11 is 6.14. The molecule has 1 aliphatic carbocycles. The molecule has 0 saturated carbocycles. The molecule has 0 radical (unpaired) electrons. The molecule has 0 bridgehead atoms. The van der Waals surface area contributed by atoms with Crippen LogP contribution in [0.15, 0.2) is 54.0 Å². The van der Waals surface area contributed by atoms with Gasteiger partial charge >= 0.3 is 7.12 Å². The van der Waals surface area contributed by atoms with Crippen LogP contribution in [-0.2, 0) is 6.61 Å². The summed E-state index contributed by atoms with van der Waals surface area (Å²) < 4.78 is 5.96. The summed E-state index contributed by atoms with van der Waals surface area (Å²) in [7, 11) is -1.42. The minimum absolute atomic E-state index is 0.458. The molecule has 3 nitrogen and oxygen atoms in total. The van der Waals surface area contributed by atoms with Gasteiger partial charge < -0.3 is 14.8 Å². The average molecular weight is 329 g/mol. The van der Waals surface area contributed by atoms with E-state index < -0.39 is 7.12 Å². The largest absolute Gasteiger partial charge is 0.488 e. The lowest BCUT2D eigenvalue weighted by molar-refractivity contribution is 0.305. The van der Waals surface area contributed by atoms with E-state index in [-0.39, 0.29) is 0 Å². The van der Waals surface area contributed by atoms with Gasteiger partial charge in [-0.15, -0.1) is 0 Å². The summed E-state index contributed by atoms with van der Waals surface area (Å²) in [5, 5.41) is 19.8. The van der Waals surface area contributed by atoms with Crippen LogP contribution in [0, 0.1) is 0 Å². The van der Waals surface area contributed by atoms with E-state index in [1.165, 1.54) is 0 Å². The van der Waals surface area contributed by atoms with Crippen molar-refractivity contribution in [1.29, 1.82) is 0 Å². The Kier molecular flexibility index (Phi) is 5.06. The highest BCUT2D eigenvalue weighted by Crippen LogP contribution is 2.39. The minimum atomic E-state index is -1.42. The fourth-order valence-electron chi connectivity index (χ4n) is 2.96. The zero-order chi connectivity index (χ0) is 16.2. The quantitative estimate of drug-likeness (QED) is 0.819. The maximum absolute atomic E-state index is 9.58. The molecule has 0 spiro atoms. The molecule has 1 aliphatic rings. The second-order valence-corrected chi connectivity index (χ2v) is 6.08. The van der Waals surface area contributed by atoms with Crippen molar-refractivity contribution < 1.29 is 14.8 Å². The SMILES string of the molecule is OB(O)C1=C(c2cc(Cl)ccc2OCc2ccccc2)CCC1. The van der Waals surface area contributed by atoms with E-state index in [1.54, 1.807) is 6.07 Å². The highest BCUT2D eigenvalue weighted by Gasteiger charge is 2.26. The summed E-state index contributed by atoms with van der Waals surface area (Å²) in [6, 6.07) is 15.4. The van der Waals surface area contributed by atoms with Crippen molar-refractivity contribution >= 4 is 24.3 Å². The second-order valence-electron chi connectivity index (χ2n) is 5.65. The molecule has 23 heavy (non-hydrogen) atoms. The molecular formula is C18H18BClO3. The maximum Gasteiger partial charge on any atom is 0.484 e. The van der Waals surface area contributed by atoms with Gasteiger partial charge in [0.1, 0.15) is 12.4 Å². The Morgan fingerprint density at radius 1 is 1.04 bits per heavy atom. The van der Waals surface area contributed by atoms with Crippen LogP contribution in [0.2, 0.25) is 5.02 Å². The predicted molar refractivity (Wildman–Crippen MR) is 93.2 cm³/mol. The molecular weight excluding hydrogens is 310 g/mol. The normalized spacial score (nSPS) is 14.2. The fraction of sp³-hybridized carbons (Fsp3) is 0.222. The van der Waals surface area contributed by atoms with E-state index in [4.69, 9.17) is 16.3 Å². The molecule has 0 unspecified atom stereocenters. The topological polar surface area (TPSA) is 49.7 Å². The predicted octanol–water partition coefficient (Wildman–Crippen LogP) is 3.87. The Hall–Kier alpha value is -1.75. The van der Waals surface area contributed by atoms with Crippen molar-refractivity contribution in [3.8, 4) is 5.75 Å². The third kappa shape index (κ3) is 3.78. The van der Waals surface area contributed by atoms with Gasteiger partial charge in [0.25, 0.3) is 0 Å². The van der Waals surface area contributed by atoms with Crippen molar-refractivity contribution in [3.63, 3.8) is 0 Å². The van der Waals surface area contributed by atoms with Crippen LogP contribution in [0.1, 0.15) is 30.4 Å². The van der Waals surface area contributed by atoms with Gasteiger partial charge in [0.2, 0.25) is 0 Å². The van der Waals surface area contributed by atoms with Crippen LogP contribution in [-0.4, -0.2) is 17.2 Å². The third-order valence-corrected chi connectivity index (χ3v) is 4.31. The van der Waals surface area contributed by atoms with E-state index >= 15 is 0 Å². The van der Waals surface area contributed by atoms with Gasteiger partial charge in [-0.1, -0.05) is 41.9 Å². The number of ether oxygens (including phenoxy) is 1. The summed E-state index contributed by atoms with van der Waals surface area (Å²) in [4.78, 5) is 0. The second kappa shape index (κ2) is 7.22. The van der Waals surface area contributed by atoms with E-state index in [0.717, 1.165) is 29.5 Å². The smallest absolute Gasteiger partial charge is 0.484 e. The number of halogens is 1. The molecule has 0 fully saturated rings. The van der Waals surface area contributed by atoms with Crippen molar-refractivity contribution in [2.45, 2.75) is 25.9 Å². The van der Waals surface area contributed by atoms with Gasteiger partial charge in [-0.25, -0.2) is 0 Å². The van der Waals surface area contributed by atoms with E-state index in [0.29, 0.717) is 29.3 Å². The first-order valence-electron chi connectivity index (χ1n) is 7.70. The van der Waals surface area contributed by atoms with Gasteiger partial charge in [0.05, 0.1) is 0 Å². The van der Waals surface area contributed by atoms with E-state index in [2.05, 4.69) is 0 Å². The lowest BCUT2D eigenvalue weighted by Crippen LogP contribution is -2.15. The summed E-state index contributed by atoms with van der Waals surface area (Å²) in [5.74, 6) is 0.716. The summed E-state index contributed by atoms with van der Waals surface area (Å²) in [5.41, 5.74) is 3.53. The molecule has 118 valence electrons. The zero-order valence-corrected chi connectivity index (χ0v) is 13.5. The van der Waals surface area contributed by atoms with Gasteiger partial charge in [0, 0.05) is 10.6 Å². The average Bonchev–Trinajstić information content (AvgIpc) is 3.04.